The van der Waals surface area contributed by atoms with Gasteiger partial charge in [-0.05, 0) is 0 Å². The molecule has 3 rings (SSSR count). The molecule has 149 valence electrons. The van der Waals surface area contributed by atoms with E-state index in [2.05, 4.69) is 78.0 Å². The van der Waals surface area contributed by atoms with Gasteiger partial charge in [0.2, 0.25) is 0 Å². The van der Waals surface area contributed by atoms with Crippen molar-refractivity contribution in [1.82, 2.24) is 0 Å². The minimum atomic E-state index is -2.46. The quantitative estimate of drug-likeness (QED) is 0.376. The number of aryl methyl sites for hydroxylation is 1. The fraction of sp³-hybridized carbons (Fsp3) is 0.440. The molecule has 3 heteroatoms. The van der Waals surface area contributed by atoms with Gasteiger partial charge in [0.15, 0.2) is 0 Å². The Balaban J connectivity index is 2.25. The van der Waals surface area contributed by atoms with Crippen molar-refractivity contribution in [3.63, 3.8) is 0 Å². The summed E-state index contributed by atoms with van der Waals surface area (Å²) in [4.78, 5) is 0. The third-order valence-electron chi connectivity index (χ3n) is 5.86. The molecule has 1 aliphatic carbocycles. The number of rotatable bonds is 6. The second kappa shape index (κ2) is 9.20. The van der Waals surface area contributed by atoms with E-state index in [-0.39, 0.29) is 0 Å². The third kappa shape index (κ3) is 4.38. The second-order valence-corrected chi connectivity index (χ2v) is 17.5. The van der Waals surface area contributed by atoms with Crippen LogP contribution in [0, 0.1) is 6.92 Å². The molecular weight excluding hydrogens is 462 g/mol. The Morgan fingerprint density at radius 3 is 2.07 bits per heavy atom. The summed E-state index contributed by atoms with van der Waals surface area (Å²) < 4.78 is 0.304. The van der Waals surface area contributed by atoms with Crippen LogP contribution in [0.4, 0.5) is 0 Å². The first kappa shape index (κ1) is 22.3. The van der Waals surface area contributed by atoms with Gasteiger partial charge < -0.3 is 0 Å². The molecule has 2 aromatic carbocycles. The first-order chi connectivity index (χ1) is 13.2. The van der Waals surface area contributed by atoms with Gasteiger partial charge in [0.1, 0.15) is 0 Å². The van der Waals surface area contributed by atoms with Gasteiger partial charge in [0, 0.05) is 0 Å². The van der Waals surface area contributed by atoms with Crippen LogP contribution in [0.3, 0.4) is 0 Å². The first-order valence-electron chi connectivity index (χ1n) is 10.4. The van der Waals surface area contributed by atoms with E-state index in [0.717, 1.165) is 12.8 Å². The molecule has 0 radical (unpaired) electrons. The van der Waals surface area contributed by atoms with Crippen LogP contribution in [0.2, 0.25) is 0 Å². The summed E-state index contributed by atoms with van der Waals surface area (Å²) in [6.45, 7) is 13.6. The normalized spacial score (nSPS) is 15.9. The van der Waals surface area contributed by atoms with Gasteiger partial charge in [-0.1, -0.05) is 0 Å². The monoisotopic (exact) mass is 491 g/mol. The molecule has 0 aromatic heterocycles. The molecule has 0 bridgehead atoms. The number of benzene rings is 2. The van der Waals surface area contributed by atoms with Crippen LogP contribution in [0.1, 0.15) is 90.7 Å². The zero-order valence-electron chi connectivity index (χ0n) is 17.9. The minimum absolute atomic E-state index is 0.304. The van der Waals surface area contributed by atoms with Crippen molar-refractivity contribution in [2.24, 2.45) is 0 Å². The van der Waals surface area contributed by atoms with Gasteiger partial charge in [-0.15, -0.1) is 0 Å². The van der Waals surface area contributed by atoms with Crippen LogP contribution in [0.25, 0.3) is 17.2 Å². The Morgan fingerprint density at radius 1 is 0.964 bits per heavy atom. The van der Waals surface area contributed by atoms with Gasteiger partial charge in [0.05, 0.1) is 0 Å². The van der Waals surface area contributed by atoms with Gasteiger partial charge in [-0.3, -0.25) is 0 Å². The number of hydrogen-bond donors (Lipinski definition) is 0. The van der Waals surface area contributed by atoms with Crippen molar-refractivity contribution in [1.29, 1.82) is 0 Å². The van der Waals surface area contributed by atoms with Gasteiger partial charge in [-0.25, -0.2) is 0 Å². The van der Waals surface area contributed by atoms with Gasteiger partial charge in [-0.2, -0.15) is 0 Å². The molecule has 0 amide bonds. The Morgan fingerprint density at radius 2 is 1.57 bits per heavy atom. The second-order valence-electron chi connectivity index (χ2n) is 8.65. The maximum absolute atomic E-state index is 6.64. The number of fused-ring (bicyclic) bond motifs is 1. The van der Waals surface area contributed by atoms with E-state index < -0.39 is 19.4 Å². The zero-order valence-corrected chi connectivity index (χ0v) is 21.8. The van der Waals surface area contributed by atoms with Crippen molar-refractivity contribution in [2.45, 2.75) is 69.8 Å². The van der Waals surface area contributed by atoms with E-state index >= 15 is 0 Å². The standard InChI is InChI=1S/C25H31.2ClH.Zr/c1-7-8-19-11-20-10-9-18(6)25(24(20)12-19)23-14-21(16(2)3)13-22(15-23)17(4)5;;;/h9-17H,7-8H2,1-6H3;2*1H;/q;;;+2/p-2. The first-order valence-corrected chi connectivity index (χ1v) is 18.2. The Labute approximate surface area is 186 Å². The Kier molecular flexibility index (Phi) is 7.34. The molecule has 1 unspecified atom stereocenters. The van der Waals surface area contributed by atoms with Crippen LogP contribution in [0.5, 0.6) is 0 Å². The van der Waals surface area contributed by atoms with E-state index in [0.29, 0.717) is 15.5 Å². The summed E-state index contributed by atoms with van der Waals surface area (Å²) in [6.07, 6.45) is 4.63. The topological polar surface area (TPSA) is 0 Å². The van der Waals surface area contributed by atoms with Crippen molar-refractivity contribution in [3.8, 4) is 11.1 Å². The van der Waals surface area contributed by atoms with E-state index in [9.17, 15) is 0 Å². The van der Waals surface area contributed by atoms with E-state index in [4.69, 9.17) is 17.0 Å². The molecule has 0 saturated heterocycles. The molecule has 0 nitrogen and oxygen atoms in total. The zero-order chi connectivity index (χ0) is 20.6. The number of halogens is 2. The molecule has 1 atom stereocenters. The molecule has 0 aliphatic heterocycles. The third-order valence-corrected chi connectivity index (χ3v) is 11.2. The summed E-state index contributed by atoms with van der Waals surface area (Å²) in [5.74, 6) is 1.03. The van der Waals surface area contributed by atoms with Crippen LogP contribution in [-0.2, 0) is 19.4 Å². The molecule has 0 spiro atoms. The van der Waals surface area contributed by atoms with Crippen molar-refractivity contribution < 1.29 is 19.4 Å². The average Bonchev–Trinajstić information content (AvgIpc) is 2.99. The van der Waals surface area contributed by atoms with Crippen LogP contribution in [0.15, 0.2) is 35.9 Å². The molecule has 0 fully saturated rings. The fourth-order valence-corrected chi connectivity index (χ4v) is 9.75. The summed E-state index contributed by atoms with van der Waals surface area (Å²) in [7, 11) is 13.3. The van der Waals surface area contributed by atoms with Crippen molar-refractivity contribution in [3.05, 3.63) is 63.7 Å². The van der Waals surface area contributed by atoms with E-state index in [1.807, 2.05) is 0 Å². The molecule has 0 saturated carbocycles. The van der Waals surface area contributed by atoms with Gasteiger partial charge >= 0.3 is 187 Å². The maximum atomic E-state index is 6.64. The summed E-state index contributed by atoms with van der Waals surface area (Å²) in [6, 6.07) is 11.7. The SMILES string of the molecule is CCCC1=Cc2c(ccc(C)c2-c2cc(C(C)C)cc(C(C)C)c2)[CH]1[Zr]([Cl])[Cl]. The molecular formula is C25H31Cl2Zr. The number of allylic oxidation sites excluding steroid dienone is 1. The molecule has 0 heterocycles. The summed E-state index contributed by atoms with van der Waals surface area (Å²) >= 11 is -2.46. The van der Waals surface area contributed by atoms with Gasteiger partial charge in [0.25, 0.3) is 0 Å². The van der Waals surface area contributed by atoms with Crippen LogP contribution in [-0.4, -0.2) is 0 Å². The molecule has 2 aromatic rings. The van der Waals surface area contributed by atoms with E-state index in [1.165, 1.54) is 44.5 Å². The molecule has 28 heavy (non-hydrogen) atoms. The average molecular weight is 494 g/mol. The van der Waals surface area contributed by atoms with Crippen molar-refractivity contribution >= 4 is 23.1 Å². The predicted molar refractivity (Wildman–Crippen MR) is 122 cm³/mol. The molecule has 0 N–H and O–H groups in total. The fourth-order valence-electron chi connectivity index (χ4n) is 4.25. The summed E-state index contributed by atoms with van der Waals surface area (Å²) in [5, 5.41) is 0. The van der Waals surface area contributed by atoms with Crippen molar-refractivity contribution in [2.75, 3.05) is 0 Å². The molecule has 1 aliphatic rings. The van der Waals surface area contributed by atoms with E-state index in [1.54, 1.807) is 0 Å². The predicted octanol–water partition coefficient (Wildman–Crippen LogP) is 9.07. The van der Waals surface area contributed by atoms with Crippen LogP contribution >= 0.6 is 17.0 Å². The Bertz CT molecular complexity index is 867. The van der Waals surface area contributed by atoms with Crippen LogP contribution < -0.4 is 0 Å². The summed E-state index contributed by atoms with van der Waals surface area (Å²) in [5.41, 5.74) is 11.0. The number of hydrogen-bond acceptors (Lipinski definition) is 0. The Hall–Kier alpha value is -0.357.